The van der Waals surface area contributed by atoms with Gasteiger partial charge in [0.25, 0.3) is 0 Å². The molecule has 25 heavy (non-hydrogen) atoms. The zero-order valence-corrected chi connectivity index (χ0v) is 16.4. The number of rotatable bonds is 18. The van der Waals surface area contributed by atoms with Crippen LogP contribution in [0.15, 0.2) is 12.2 Å². The molecule has 0 spiro atoms. The first-order valence-electron chi connectivity index (χ1n) is 10.8. The van der Waals surface area contributed by atoms with Crippen LogP contribution in [-0.4, -0.2) is 23.3 Å². The van der Waals surface area contributed by atoms with Crippen LogP contribution in [0.25, 0.3) is 0 Å². The summed E-state index contributed by atoms with van der Waals surface area (Å²) in [7, 11) is 0. The van der Waals surface area contributed by atoms with E-state index < -0.39 is 12.1 Å². The van der Waals surface area contributed by atoms with Gasteiger partial charge in [-0.1, -0.05) is 89.7 Å². The van der Waals surface area contributed by atoms with Gasteiger partial charge in [0.05, 0.1) is 6.10 Å². The SMILES string of the molecule is CCCCCCCC/C=C\CCCCCCCCCC1OC1C(=O)O. The maximum Gasteiger partial charge on any atom is 0.335 e. The van der Waals surface area contributed by atoms with Gasteiger partial charge in [-0.3, -0.25) is 0 Å². The van der Waals surface area contributed by atoms with Crippen molar-refractivity contribution in [3.05, 3.63) is 12.2 Å². The lowest BCUT2D eigenvalue weighted by molar-refractivity contribution is -0.138. The quantitative estimate of drug-likeness (QED) is 0.170. The summed E-state index contributed by atoms with van der Waals surface area (Å²) in [5.74, 6) is -0.800. The number of hydrogen-bond donors (Lipinski definition) is 1. The summed E-state index contributed by atoms with van der Waals surface area (Å²) in [4.78, 5) is 10.6. The Morgan fingerprint density at radius 2 is 1.28 bits per heavy atom. The molecule has 3 nitrogen and oxygen atoms in total. The summed E-state index contributed by atoms with van der Waals surface area (Å²) >= 11 is 0. The number of carboxylic acids is 1. The molecule has 146 valence electrons. The summed E-state index contributed by atoms with van der Waals surface area (Å²) < 4.78 is 5.10. The van der Waals surface area contributed by atoms with E-state index in [4.69, 9.17) is 9.84 Å². The summed E-state index contributed by atoms with van der Waals surface area (Å²) in [6.45, 7) is 2.27. The van der Waals surface area contributed by atoms with Crippen molar-refractivity contribution in [2.24, 2.45) is 0 Å². The first-order chi connectivity index (χ1) is 12.3. The Morgan fingerprint density at radius 1 is 0.800 bits per heavy atom. The number of aliphatic carboxylic acids is 1. The van der Waals surface area contributed by atoms with Crippen molar-refractivity contribution in [3.8, 4) is 0 Å². The van der Waals surface area contributed by atoms with Gasteiger partial charge in [-0.15, -0.1) is 0 Å². The van der Waals surface area contributed by atoms with Crippen molar-refractivity contribution < 1.29 is 14.6 Å². The minimum absolute atomic E-state index is 0.000581. The predicted octanol–water partition coefficient (Wildman–Crippen LogP) is 6.66. The lowest BCUT2D eigenvalue weighted by Crippen LogP contribution is -2.07. The zero-order chi connectivity index (χ0) is 18.2. The van der Waals surface area contributed by atoms with E-state index in [0.717, 1.165) is 12.8 Å². The molecule has 1 aliphatic rings. The maximum atomic E-state index is 10.6. The third-order valence-electron chi connectivity index (χ3n) is 5.08. The second-order valence-corrected chi connectivity index (χ2v) is 7.51. The molecular formula is C22H40O3. The standard InChI is InChI=1S/C22H40O3/c1-2-3-4-5-6-7-8-9-10-11-12-13-14-15-16-17-18-19-20-21(25-20)22(23)24/h9-10,20-21H,2-8,11-19H2,1H3,(H,23,24)/b10-9-. The monoisotopic (exact) mass is 352 g/mol. The molecule has 0 aromatic heterocycles. The molecule has 1 saturated heterocycles. The van der Waals surface area contributed by atoms with Crippen LogP contribution in [0.3, 0.4) is 0 Å². The summed E-state index contributed by atoms with van der Waals surface area (Å²) in [6.07, 6.45) is 24.9. The number of unbranched alkanes of at least 4 members (excludes halogenated alkanes) is 13. The largest absolute Gasteiger partial charge is 0.479 e. The molecule has 2 atom stereocenters. The van der Waals surface area contributed by atoms with Crippen molar-refractivity contribution >= 4 is 5.97 Å². The summed E-state index contributed by atoms with van der Waals surface area (Å²) in [5.41, 5.74) is 0. The molecule has 1 N–H and O–H groups in total. The van der Waals surface area contributed by atoms with E-state index in [0.29, 0.717) is 0 Å². The Morgan fingerprint density at radius 3 is 1.76 bits per heavy atom. The average molecular weight is 353 g/mol. The van der Waals surface area contributed by atoms with E-state index in [1.54, 1.807) is 0 Å². The lowest BCUT2D eigenvalue weighted by Gasteiger charge is -2.01. The molecule has 0 amide bonds. The molecule has 0 aromatic rings. The third kappa shape index (κ3) is 13.1. The highest BCUT2D eigenvalue weighted by molar-refractivity contribution is 5.75. The van der Waals surface area contributed by atoms with Gasteiger partial charge in [-0.2, -0.15) is 0 Å². The number of ether oxygens (including phenoxy) is 1. The summed E-state index contributed by atoms with van der Waals surface area (Å²) in [5, 5.41) is 8.74. The van der Waals surface area contributed by atoms with Crippen LogP contribution in [0.4, 0.5) is 0 Å². The zero-order valence-electron chi connectivity index (χ0n) is 16.4. The normalized spacial score (nSPS) is 19.6. The average Bonchev–Trinajstić information content (AvgIpc) is 3.37. The van der Waals surface area contributed by atoms with Gasteiger partial charge in [-0.05, 0) is 32.1 Å². The van der Waals surface area contributed by atoms with Crippen molar-refractivity contribution in [1.29, 1.82) is 0 Å². The number of carbonyl (C=O) groups is 1. The van der Waals surface area contributed by atoms with E-state index in [1.165, 1.54) is 89.9 Å². The highest BCUT2D eigenvalue weighted by atomic mass is 16.6. The molecule has 0 saturated carbocycles. The van der Waals surface area contributed by atoms with E-state index >= 15 is 0 Å². The molecule has 1 heterocycles. The van der Waals surface area contributed by atoms with E-state index in [1.807, 2.05) is 0 Å². The van der Waals surface area contributed by atoms with Crippen LogP contribution < -0.4 is 0 Å². The molecular weight excluding hydrogens is 312 g/mol. The number of allylic oxidation sites excluding steroid dienone is 2. The topological polar surface area (TPSA) is 49.8 Å². The Bertz CT molecular complexity index is 351. The predicted molar refractivity (Wildman–Crippen MR) is 105 cm³/mol. The summed E-state index contributed by atoms with van der Waals surface area (Å²) in [6, 6.07) is 0. The lowest BCUT2D eigenvalue weighted by atomic mass is 10.1. The molecule has 1 rings (SSSR count). The van der Waals surface area contributed by atoms with Crippen LogP contribution in [-0.2, 0) is 9.53 Å². The third-order valence-corrected chi connectivity index (χ3v) is 5.08. The van der Waals surface area contributed by atoms with Gasteiger partial charge in [-0.25, -0.2) is 4.79 Å². The first kappa shape index (κ1) is 22.2. The molecule has 1 fully saturated rings. The smallest absolute Gasteiger partial charge is 0.335 e. The fourth-order valence-electron chi connectivity index (χ4n) is 3.35. The Labute approximate surface area is 155 Å². The van der Waals surface area contributed by atoms with E-state index in [2.05, 4.69) is 19.1 Å². The highest BCUT2D eigenvalue weighted by Gasteiger charge is 2.44. The van der Waals surface area contributed by atoms with Gasteiger partial charge in [0.1, 0.15) is 0 Å². The fraction of sp³-hybridized carbons (Fsp3) is 0.864. The van der Waals surface area contributed by atoms with Gasteiger partial charge >= 0.3 is 5.97 Å². The van der Waals surface area contributed by atoms with E-state index in [9.17, 15) is 4.79 Å². The fourth-order valence-corrected chi connectivity index (χ4v) is 3.35. The molecule has 0 aliphatic carbocycles. The molecule has 0 bridgehead atoms. The Hall–Kier alpha value is -0.830. The second kappa shape index (κ2) is 15.4. The van der Waals surface area contributed by atoms with Gasteiger partial charge in [0.15, 0.2) is 6.10 Å². The minimum Gasteiger partial charge on any atom is -0.479 e. The molecule has 3 heteroatoms. The van der Waals surface area contributed by atoms with Crippen LogP contribution >= 0.6 is 0 Å². The van der Waals surface area contributed by atoms with Crippen LogP contribution in [0, 0.1) is 0 Å². The van der Waals surface area contributed by atoms with Crippen LogP contribution in [0.2, 0.25) is 0 Å². The molecule has 0 aromatic carbocycles. The van der Waals surface area contributed by atoms with Gasteiger partial charge in [0, 0.05) is 0 Å². The number of carboxylic acid groups (broad SMARTS) is 1. The number of hydrogen-bond acceptors (Lipinski definition) is 2. The van der Waals surface area contributed by atoms with Crippen molar-refractivity contribution in [2.75, 3.05) is 0 Å². The van der Waals surface area contributed by atoms with Gasteiger partial charge < -0.3 is 9.84 Å². The minimum atomic E-state index is -0.800. The number of epoxide rings is 1. The van der Waals surface area contributed by atoms with Crippen molar-refractivity contribution in [1.82, 2.24) is 0 Å². The van der Waals surface area contributed by atoms with Crippen molar-refractivity contribution in [3.63, 3.8) is 0 Å². The maximum absolute atomic E-state index is 10.6. The van der Waals surface area contributed by atoms with Crippen LogP contribution in [0.1, 0.15) is 110 Å². The second-order valence-electron chi connectivity index (χ2n) is 7.51. The van der Waals surface area contributed by atoms with E-state index in [-0.39, 0.29) is 6.10 Å². The van der Waals surface area contributed by atoms with Crippen LogP contribution in [0.5, 0.6) is 0 Å². The first-order valence-corrected chi connectivity index (χ1v) is 10.8. The molecule has 0 radical (unpaired) electrons. The van der Waals surface area contributed by atoms with Crippen molar-refractivity contribution in [2.45, 2.75) is 122 Å². The molecule has 2 unspecified atom stereocenters. The Balaban J connectivity index is 1.70. The Kier molecular flexibility index (Phi) is 13.7. The highest BCUT2D eigenvalue weighted by Crippen LogP contribution is 2.27. The van der Waals surface area contributed by atoms with Gasteiger partial charge in [0.2, 0.25) is 0 Å². The molecule has 1 aliphatic heterocycles.